The standard InChI is InChI=1S/C8H4O3.C6H10O4.C2H6O2/c9-7-5-3-1-2-4-6(5)8(10)11-7;7-5(8)3-1-2-4-6(9)10;3-1-2-4/h1-4H;1-4H2,(H,7,8)(H,9,10);3-4H,1-2H2. The number of cyclic esters (lactones) is 2. The van der Waals surface area contributed by atoms with Crippen LogP contribution >= 0.6 is 0 Å². The van der Waals surface area contributed by atoms with Gasteiger partial charge in [0.05, 0.1) is 24.3 Å². The zero-order valence-corrected chi connectivity index (χ0v) is 13.4. The molecule has 1 aromatic carbocycles. The summed E-state index contributed by atoms with van der Waals surface area (Å²) < 4.78 is 4.35. The number of ether oxygens (including phenoxy) is 1. The SMILES string of the molecule is O=C(O)CCCCC(=O)O.O=C1OC(=O)c2ccccc21.OCCO. The minimum atomic E-state index is -0.870. The molecule has 1 aliphatic rings. The molecule has 25 heavy (non-hydrogen) atoms. The van der Waals surface area contributed by atoms with Crippen LogP contribution in [0, 0.1) is 0 Å². The van der Waals surface area contributed by atoms with Gasteiger partial charge in [0, 0.05) is 12.8 Å². The van der Waals surface area contributed by atoms with Gasteiger partial charge >= 0.3 is 23.9 Å². The fourth-order valence-corrected chi connectivity index (χ4v) is 1.59. The summed E-state index contributed by atoms with van der Waals surface area (Å²) in [6, 6.07) is 6.53. The molecule has 9 nitrogen and oxygen atoms in total. The Hall–Kier alpha value is -2.78. The molecule has 4 N–H and O–H groups in total. The van der Waals surface area contributed by atoms with E-state index in [4.69, 9.17) is 20.4 Å². The van der Waals surface area contributed by atoms with Gasteiger partial charge in [-0.1, -0.05) is 12.1 Å². The van der Waals surface area contributed by atoms with E-state index in [1.54, 1.807) is 24.3 Å². The van der Waals surface area contributed by atoms with E-state index in [1.165, 1.54) is 0 Å². The van der Waals surface area contributed by atoms with Crippen LogP contribution in [0.1, 0.15) is 46.4 Å². The smallest absolute Gasteiger partial charge is 0.346 e. The fourth-order valence-electron chi connectivity index (χ4n) is 1.59. The lowest BCUT2D eigenvalue weighted by atomic mass is 10.1. The van der Waals surface area contributed by atoms with E-state index in [1.807, 2.05) is 0 Å². The van der Waals surface area contributed by atoms with Gasteiger partial charge in [-0.15, -0.1) is 0 Å². The Balaban J connectivity index is 0.000000384. The van der Waals surface area contributed by atoms with E-state index in [-0.39, 0.29) is 26.1 Å². The highest BCUT2D eigenvalue weighted by molar-refractivity contribution is 6.14. The molecule has 0 unspecified atom stereocenters. The topological polar surface area (TPSA) is 158 Å². The first-order valence-electron chi connectivity index (χ1n) is 7.34. The minimum Gasteiger partial charge on any atom is -0.481 e. The predicted octanol–water partition coefficient (Wildman–Crippen LogP) is 0.684. The van der Waals surface area contributed by atoms with Crippen molar-refractivity contribution in [3.63, 3.8) is 0 Å². The second-order valence-electron chi connectivity index (χ2n) is 4.66. The summed E-state index contributed by atoms with van der Waals surface area (Å²) in [5.74, 6) is -2.84. The number of carbonyl (C=O) groups is 4. The average molecular weight is 356 g/mol. The maximum absolute atomic E-state index is 10.8. The average Bonchev–Trinajstić information content (AvgIpc) is 2.87. The molecule has 1 heterocycles. The lowest BCUT2D eigenvalue weighted by Crippen LogP contribution is -1.97. The Morgan fingerprint density at radius 1 is 0.800 bits per heavy atom. The second kappa shape index (κ2) is 12.6. The minimum absolute atomic E-state index is 0.0628. The number of hydrogen-bond donors (Lipinski definition) is 4. The maximum atomic E-state index is 10.8. The number of carboxylic acids is 2. The quantitative estimate of drug-likeness (QED) is 0.327. The molecule has 1 aromatic rings. The van der Waals surface area contributed by atoms with Crippen molar-refractivity contribution in [1.29, 1.82) is 0 Å². The number of carboxylic acid groups (broad SMARTS) is 2. The van der Waals surface area contributed by atoms with E-state index in [9.17, 15) is 19.2 Å². The number of fused-ring (bicyclic) bond motifs is 1. The molecule has 138 valence electrons. The van der Waals surface area contributed by atoms with Crippen LogP contribution in [0.2, 0.25) is 0 Å². The van der Waals surface area contributed by atoms with E-state index in [0.29, 0.717) is 24.0 Å². The normalized spacial score (nSPS) is 11.3. The fraction of sp³-hybridized carbons (Fsp3) is 0.375. The summed E-state index contributed by atoms with van der Waals surface area (Å²) in [5, 5.41) is 31.5. The van der Waals surface area contributed by atoms with Crippen LogP contribution in [-0.2, 0) is 14.3 Å². The van der Waals surface area contributed by atoms with Gasteiger partial charge in [0.15, 0.2) is 0 Å². The largest absolute Gasteiger partial charge is 0.481 e. The third-order valence-electron chi connectivity index (χ3n) is 2.68. The van der Waals surface area contributed by atoms with Crippen LogP contribution in [0.15, 0.2) is 24.3 Å². The highest BCUT2D eigenvalue weighted by Crippen LogP contribution is 2.18. The van der Waals surface area contributed by atoms with Gasteiger partial charge in [0.2, 0.25) is 0 Å². The summed E-state index contributed by atoms with van der Waals surface area (Å²) >= 11 is 0. The Bertz CT molecular complexity index is 544. The molecule has 2 rings (SSSR count). The van der Waals surface area contributed by atoms with Crippen LogP contribution in [-0.4, -0.2) is 57.5 Å². The Kier molecular flexibility index (Phi) is 11.2. The first-order valence-corrected chi connectivity index (χ1v) is 7.34. The number of aliphatic hydroxyl groups excluding tert-OH is 2. The van der Waals surface area contributed by atoms with Gasteiger partial charge in [-0.3, -0.25) is 9.59 Å². The van der Waals surface area contributed by atoms with Crippen molar-refractivity contribution in [3.8, 4) is 0 Å². The van der Waals surface area contributed by atoms with E-state index in [0.717, 1.165) is 0 Å². The lowest BCUT2D eigenvalue weighted by molar-refractivity contribution is -0.139. The summed E-state index contributed by atoms with van der Waals surface area (Å²) in [6.07, 6.45) is 1.02. The number of rotatable bonds is 6. The van der Waals surface area contributed by atoms with Crippen LogP contribution in [0.5, 0.6) is 0 Å². The first kappa shape index (κ1) is 22.2. The number of hydrogen-bond acceptors (Lipinski definition) is 7. The molecule has 9 heteroatoms. The van der Waals surface area contributed by atoms with Crippen molar-refractivity contribution in [2.24, 2.45) is 0 Å². The number of benzene rings is 1. The molecule has 1 aliphatic heterocycles. The number of esters is 2. The molecule has 0 amide bonds. The van der Waals surface area contributed by atoms with Crippen molar-refractivity contribution < 1.29 is 44.3 Å². The van der Waals surface area contributed by atoms with Crippen molar-refractivity contribution in [1.82, 2.24) is 0 Å². The number of carbonyl (C=O) groups excluding carboxylic acids is 2. The van der Waals surface area contributed by atoms with Crippen molar-refractivity contribution in [2.45, 2.75) is 25.7 Å². The van der Waals surface area contributed by atoms with Gasteiger partial charge in [-0.05, 0) is 25.0 Å². The van der Waals surface area contributed by atoms with E-state index >= 15 is 0 Å². The molecular formula is C16H20O9. The Morgan fingerprint density at radius 3 is 1.44 bits per heavy atom. The third-order valence-corrected chi connectivity index (χ3v) is 2.68. The molecule has 0 saturated heterocycles. The molecule has 0 atom stereocenters. The van der Waals surface area contributed by atoms with Gasteiger partial charge in [-0.25, -0.2) is 9.59 Å². The van der Waals surface area contributed by atoms with Crippen LogP contribution in [0.3, 0.4) is 0 Å². The van der Waals surface area contributed by atoms with Crippen LogP contribution in [0.25, 0.3) is 0 Å². The van der Waals surface area contributed by atoms with Crippen molar-refractivity contribution in [3.05, 3.63) is 35.4 Å². The van der Waals surface area contributed by atoms with Crippen LogP contribution < -0.4 is 0 Å². The molecule has 0 spiro atoms. The molecule has 0 bridgehead atoms. The maximum Gasteiger partial charge on any atom is 0.346 e. The summed E-state index contributed by atoms with van der Waals surface area (Å²) in [4.78, 5) is 41.5. The van der Waals surface area contributed by atoms with Gasteiger partial charge in [0.1, 0.15) is 0 Å². The molecule has 0 fully saturated rings. The van der Waals surface area contributed by atoms with Crippen molar-refractivity contribution in [2.75, 3.05) is 13.2 Å². The Labute approximate surface area is 143 Å². The summed E-state index contributed by atoms with van der Waals surface area (Å²) in [7, 11) is 0. The zero-order chi connectivity index (χ0) is 19.2. The van der Waals surface area contributed by atoms with Gasteiger partial charge < -0.3 is 25.2 Å². The molecule has 0 radical (unpaired) electrons. The summed E-state index contributed by atoms with van der Waals surface area (Å²) in [5.41, 5.74) is 0.718. The zero-order valence-electron chi connectivity index (χ0n) is 13.4. The van der Waals surface area contributed by atoms with Crippen LogP contribution in [0.4, 0.5) is 0 Å². The molecular weight excluding hydrogens is 336 g/mol. The Morgan fingerprint density at radius 2 is 1.16 bits per heavy atom. The highest BCUT2D eigenvalue weighted by atomic mass is 16.6. The number of unbranched alkanes of at least 4 members (excludes halogenated alkanes) is 1. The second-order valence-corrected chi connectivity index (χ2v) is 4.66. The van der Waals surface area contributed by atoms with E-state index in [2.05, 4.69) is 4.74 Å². The molecule has 0 aromatic heterocycles. The first-order chi connectivity index (χ1) is 11.8. The monoisotopic (exact) mass is 356 g/mol. The van der Waals surface area contributed by atoms with Crippen molar-refractivity contribution >= 4 is 23.9 Å². The van der Waals surface area contributed by atoms with Gasteiger partial charge in [-0.2, -0.15) is 0 Å². The highest BCUT2D eigenvalue weighted by Gasteiger charge is 2.28. The molecule has 0 aliphatic carbocycles. The van der Waals surface area contributed by atoms with E-state index < -0.39 is 23.9 Å². The third kappa shape index (κ3) is 9.84. The number of aliphatic hydroxyl groups is 2. The molecule has 0 saturated carbocycles. The predicted molar refractivity (Wildman–Crippen MR) is 84.1 cm³/mol. The van der Waals surface area contributed by atoms with Gasteiger partial charge in [0.25, 0.3) is 0 Å². The summed E-state index contributed by atoms with van der Waals surface area (Å²) in [6.45, 7) is -0.250. The lowest BCUT2D eigenvalue weighted by Gasteiger charge is -1.92. The number of aliphatic carboxylic acids is 2.